The van der Waals surface area contributed by atoms with Crippen LogP contribution in [0.1, 0.15) is 19.8 Å². The minimum absolute atomic E-state index is 0.156. The summed E-state index contributed by atoms with van der Waals surface area (Å²) in [7, 11) is 0. The molecule has 0 bridgehead atoms. The number of likely N-dealkylation sites (tertiary alicyclic amines) is 1. The second kappa shape index (κ2) is 3.43. The Morgan fingerprint density at radius 2 is 2.45 bits per heavy atom. The van der Waals surface area contributed by atoms with Gasteiger partial charge in [0, 0.05) is 13.1 Å². The molecule has 1 saturated heterocycles. The van der Waals surface area contributed by atoms with Gasteiger partial charge in [0.05, 0.1) is 0 Å². The zero-order valence-electron chi connectivity index (χ0n) is 6.84. The minimum Gasteiger partial charge on any atom is -0.332 e. The van der Waals surface area contributed by atoms with Crippen molar-refractivity contribution in [2.75, 3.05) is 13.1 Å². The Bertz CT molecular complexity index is 192. The lowest BCUT2D eigenvalue weighted by Gasteiger charge is -2.29. The summed E-state index contributed by atoms with van der Waals surface area (Å²) in [6.45, 7) is 3.83. The molecule has 1 atom stereocenters. The summed E-state index contributed by atoms with van der Waals surface area (Å²) in [4.78, 5) is 12.8. The van der Waals surface area contributed by atoms with Crippen molar-refractivity contribution in [2.45, 2.75) is 19.8 Å². The fourth-order valence-corrected chi connectivity index (χ4v) is 1.47. The molecule has 0 aromatic rings. The van der Waals surface area contributed by atoms with Crippen LogP contribution in [0.3, 0.4) is 0 Å². The van der Waals surface area contributed by atoms with Crippen molar-refractivity contribution in [1.29, 1.82) is 0 Å². The molecule has 0 aromatic heterocycles. The molecule has 1 rings (SSSR count). The number of amides is 1. The molecule has 1 aliphatic heterocycles. The van der Waals surface area contributed by atoms with Gasteiger partial charge in [0.1, 0.15) is 0 Å². The Labute approximate surface area is 67.6 Å². The Hall–Kier alpha value is -0.970. The highest BCUT2D eigenvalue weighted by Crippen LogP contribution is 2.14. The highest BCUT2D eigenvalue weighted by atomic mass is 16.2. The fraction of sp³-hybridized carbons (Fsp3) is 0.667. The fourth-order valence-electron chi connectivity index (χ4n) is 1.47. The van der Waals surface area contributed by atoms with E-state index in [1.807, 2.05) is 0 Å². The first-order chi connectivity index (χ1) is 5.24. The van der Waals surface area contributed by atoms with Crippen molar-refractivity contribution < 1.29 is 4.79 Å². The van der Waals surface area contributed by atoms with Gasteiger partial charge in [-0.2, -0.15) is 0 Å². The zero-order chi connectivity index (χ0) is 8.27. The van der Waals surface area contributed by atoms with Crippen molar-refractivity contribution in [2.24, 2.45) is 5.92 Å². The van der Waals surface area contributed by atoms with E-state index in [2.05, 4.69) is 12.8 Å². The molecule has 2 nitrogen and oxygen atoms in total. The molecule has 2 heteroatoms. The first kappa shape index (κ1) is 8.13. The van der Waals surface area contributed by atoms with E-state index in [0.29, 0.717) is 5.92 Å². The summed E-state index contributed by atoms with van der Waals surface area (Å²) in [6.07, 6.45) is 7.32. The van der Waals surface area contributed by atoms with E-state index in [-0.39, 0.29) is 5.91 Å². The van der Waals surface area contributed by atoms with Crippen molar-refractivity contribution >= 4 is 5.91 Å². The van der Waals surface area contributed by atoms with E-state index < -0.39 is 0 Å². The Morgan fingerprint density at radius 1 is 1.73 bits per heavy atom. The molecule has 0 radical (unpaired) electrons. The number of hydrogen-bond acceptors (Lipinski definition) is 1. The molecule has 1 aliphatic rings. The highest BCUT2D eigenvalue weighted by molar-refractivity contribution is 5.92. The van der Waals surface area contributed by atoms with Gasteiger partial charge in [-0.25, -0.2) is 0 Å². The standard InChI is InChI=1S/C9H13NO/c1-3-9(11)10-6-4-5-8(2)7-10/h1,8H,4-7H2,2H3/t8-/m0/s1. The van der Waals surface area contributed by atoms with Crippen LogP contribution in [0.5, 0.6) is 0 Å². The maximum Gasteiger partial charge on any atom is 0.298 e. The van der Waals surface area contributed by atoms with Gasteiger partial charge in [-0.3, -0.25) is 4.79 Å². The molecule has 0 aromatic carbocycles. The number of carbonyl (C=O) groups excluding carboxylic acids is 1. The Balaban J connectivity index is 2.47. The quantitative estimate of drug-likeness (QED) is 0.471. The number of piperidine rings is 1. The lowest BCUT2D eigenvalue weighted by Crippen LogP contribution is -2.38. The molecule has 1 amide bonds. The summed E-state index contributed by atoms with van der Waals surface area (Å²) < 4.78 is 0. The summed E-state index contributed by atoms with van der Waals surface area (Å²) in [6, 6.07) is 0. The van der Waals surface area contributed by atoms with Crippen molar-refractivity contribution in [3.05, 3.63) is 0 Å². The molecule has 11 heavy (non-hydrogen) atoms. The normalized spacial score (nSPS) is 24.4. The third-order valence-electron chi connectivity index (χ3n) is 2.07. The molecule has 0 aliphatic carbocycles. The summed E-state index contributed by atoms with van der Waals surface area (Å²) in [5, 5.41) is 0. The van der Waals surface area contributed by atoms with Crippen LogP contribution >= 0.6 is 0 Å². The van der Waals surface area contributed by atoms with Gasteiger partial charge in [-0.1, -0.05) is 6.92 Å². The largest absolute Gasteiger partial charge is 0.332 e. The summed E-state index contributed by atoms with van der Waals surface area (Å²) in [5.41, 5.74) is 0. The van der Waals surface area contributed by atoms with Gasteiger partial charge in [-0.15, -0.1) is 6.42 Å². The maximum absolute atomic E-state index is 11.0. The third-order valence-corrected chi connectivity index (χ3v) is 2.07. The molecular formula is C9H13NO. The Morgan fingerprint density at radius 3 is 3.00 bits per heavy atom. The third kappa shape index (κ3) is 1.98. The average molecular weight is 151 g/mol. The second-order valence-electron chi connectivity index (χ2n) is 3.14. The smallest absolute Gasteiger partial charge is 0.298 e. The van der Waals surface area contributed by atoms with Crippen LogP contribution in [0.2, 0.25) is 0 Å². The second-order valence-corrected chi connectivity index (χ2v) is 3.14. The SMILES string of the molecule is C#CC(=O)N1CCC[C@H](C)C1. The molecule has 0 saturated carbocycles. The molecule has 1 heterocycles. The highest BCUT2D eigenvalue weighted by Gasteiger charge is 2.18. The predicted molar refractivity (Wildman–Crippen MR) is 43.8 cm³/mol. The van der Waals surface area contributed by atoms with Crippen LogP contribution in [0, 0.1) is 18.3 Å². The first-order valence-corrected chi connectivity index (χ1v) is 3.99. The van der Waals surface area contributed by atoms with Crippen LogP contribution < -0.4 is 0 Å². The summed E-state index contributed by atoms with van der Waals surface area (Å²) in [5.74, 6) is 2.60. The van der Waals surface area contributed by atoms with E-state index in [4.69, 9.17) is 6.42 Å². The van der Waals surface area contributed by atoms with Crippen LogP contribution in [0.15, 0.2) is 0 Å². The average Bonchev–Trinajstić information content (AvgIpc) is 2.03. The number of terminal acetylenes is 1. The molecule has 0 spiro atoms. The van der Waals surface area contributed by atoms with Gasteiger partial charge >= 0.3 is 0 Å². The van der Waals surface area contributed by atoms with E-state index in [9.17, 15) is 4.79 Å². The van der Waals surface area contributed by atoms with Gasteiger partial charge < -0.3 is 4.90 Å². The van der Waals surface area contributed by atoms with Gasteiger partial charge in [0.25, 0.3) is 5.91 Å². The molecule has 1 fully saturated rings. The van der Waals surface area contributed by atoms with E-state index in [1.165, 1.54) is 6.42 Å². The lowest BCUT2D eigenvalue weighted by molar-refractivity contribution is -0.126. The van der Waals surface area contributed by atoms with Crippen LogP contribution in [-0.2, 0) is 4.79 Å². The van der Waals surface area contributed by atoms with Gasteiger partial charge in [0.15, 0.2) is 0 Å². The molecular weight excluding hydrogens is 138 g/mol. The van der Waals surface area contributed by atoms with E-state index in [0.717, 1.165) is 19.5 Å². The van der Waals surface area contributed by atoms with Crippen molar-refractivity contribution in [3.8, 4) is 12.3 Å². The predicted octanol–water partition coefficient (Wildman–Crippen LogP) is 0.878. The minimum atomic E-state index is -0.156. The first-order valence-electron chi connectivity index (χ1n) is 3.99. The van der Waals surface area contributed by atoms with Gasteiger partial charge in [0.2, 0.25) is 0 Å². The summed E-state index contributed by atoms with van der Waals surface area (Å²) >= 11 is 0. The van der Waals surface area contributed by atoms with Crippen molar-refractivity contribution in [3.63, 3.8) is 0 Å². The van der Waals surface area contributed by atoms with Crippen LogP contribution in [-0.4, -0.2) is 23.9 Å². The van der Waals surface area contributed by atoms with E-state index in [1.54, 1.807) is 4.90 Å². The number of hydrogen-bond donors (Lipinski definition) is 0. The Kier molecular flexibility index (Phi) is 2.53. The van der Waals surface area contributed by atoms with Crippen LogP contribution in [0.4, 0.5) is 0 Å². The topological polar surface area (TPSA) is 20.3 Å². The van der Waals surface area contributed by atoms with Gasteiger partial charge in [-0.05, 0) is 24.7 Å². The molecule has 0 unspecified atom stereocenters. The maximum atomic E-state index is 11.0. The van der Waals surface area contributed by atoms with Crippen molar-refractivity contribution in [1.82, 2.24) is 4.90 Å². The van der Waals surface area contributed by atoms with Crippen LogP contribution in [0.25, 0.3) is 0 Å². The lowest BCUT2D eigenvalue weighted by atomic mass is 10.0. The van der Waals surface area contributed by atoms with E-state index >= 15 is 0 Å². The number of rotatable bonds is 0. The number of nitrogens with zero attached hydrogens (tertiary/aromatic N) is 1. The molecule has 0 N–H and O–H groups in total. The monoisotopic (exact) mass is 151 g/mol. The zero-order valence-corrected chi connectivity index (χ0v) is 6.84. The number of carbonyl (C=O) groups is 1. The molecule has 60 valence electrons.